The Labute approximate surface area is 134 Å². The predicted molar refractivity (Wildman–Crippen MR) is 83.0 cm³/mol. The minimum atomic E-state index is -1.07. The second-order valence-electron chi connectivity index (χ2n) is 5.08. The molecule has 1 aromatic carbocycles. The first kappa shape index (κ1) is 18.2. The van der Waals surface area contributed by atoms with Crippen molar-refractivity contribution in [3.05, 3.63) is 35.4 Å². The van der Waals surface area contributed by atoms with Crippen LogP contribution in [-0.2, 0) is 19.1 Å². The number of phenolic OH excluding ortho intramolecular Hbond substituents is 1. The Hall–Kier alpha value is -2.81. The van der Waals surface area contributed by atoms with E-state index in [1.165, 1.54) is 18.2 Å². The van der Waals surface area contributed by atoms with E-state index >= 15 is 0 Å². The molecule has 122 valence electrons. The van der Waals surface area contributed by atoms with Crippen molar-refractivity contribution in [3.8, 4) is 11.8 Å². The summed E-state index contributed by atoms with van der Waals surface area (Å²) >= 11 is 0. The lowest BCUT2D eigenvalue weighted by molar-refractivity contribution is -0.168. The molecule has 0 aliphatic heterocycles. The molecule has 0 aliphatic rings. The van der Waals surface area contributed by atoms with Crippen LogP contribution in [0.4, 0.5) is 0 Å². The van der Waals surface area contributed by atoms with Gasteiger partial charge >= 0.3 is 11.9 Å². The minimum Gasteiger partial charge on any atom is -0.508 e. The molecule has 1 N–H and O–H groups in total. The number of benzene rings is 1. The van der Waals surface area contributed by atoms with E-state index < -0.39 is 18.0 Å². The van der Waals surface area contributed by atoms with Gasteiger partial charge in [0.15, 0.2) is 0 Å². The Balaban J connectivity index is 2.93. The largest absolute Gasteiger partial charge is 0.508 e. The third kappa shape index (κ3) is 5.47. The monoisotopic (exact) mass is 317 g/mol. The maximum absolute atomic E-state index is 12.1. The molecule has 0 bridgehead atoms. The van der Waals surface area contributed by atoms with Crippen LogP contribution >= 0.6 is 0 Å². The van der Waals surface area contributed by atoms with E-state index in [0.717, 1.165) is 0 Å². The zero-order chi connectivity index (χ0) is 17.4. The second kappa shape index (κ2) is 8.59. The second-order valence-corrected chi connectivity index (χ2v) is 5.08. The van der Waals surface area contributed by atoms with Crippen LogP contribution in [0.25, 0.3) is 6.08 Å². The summed E-state index contributed by atoms with van der Waals surface area (Å²) in [6.07, 6.45) is 0.253. The third-order valence-electron chi connectivity index (χ3n) is 2.90. The number of nitriles is 1. The first-order valence-corrected chi connectivity index (χ1v) is 7.17. The average molecular weight is 317 g/mol. The topological polar surface area (TPSA) is 96.6 Å². The molecule has 0 aromatic heterocycles. The number of phenols is 1. The molecule has 0 heterocycles. The highest BCUT2D eigenvalue weighted by Gasteiger charge is 2.29. The normalized spacial score (nSPS) is 12.4. The Bertz CT molecular complexity index is 625. The van der Waals surface area contributed by atoms with Crippen LogP contribution in [0.2, 0.25) is 0 Å². The number of aromatic hydroxyl groups is 1. The van der Waals surface area contributed by atoms with E-state index in [-0.39, 0.29) is 23.8 Å². The van der Waals surface area contributed by atoms with Crippen LogP contribution in [0.3, 0.4) is 0 Å². The molecule has 1 aromatic rings. The summed E-state index contributed by atoms with van der Waals surface area (Å²) in [6, 6.07) is 7.71. The molecular formula is C17H19NO5. The summed E-state index contributed by atoms with van der Waals surface area (Å²) in [5, 5.41) is 18.3. The van der Waals surface area contributed by atoms with Crippen LogP contribution in [0, 0.1) is 17.2 Å². The maximum Gasteiger partial charge on any atom is 0.349 e. The SMILES string of the molecule is CCOC(=O)[C@@H](OC(=O)C(C#N)=Cc1ccc(O)cc1)C(C)C. The van der Waals surface area contributed by atoms with Crippen molar-refractivity contribution in [1.29, 1.82) is 5.26 Å². The molecule has 0 fully saturated rings. The van der Waals surface area contributed by atoms with Gasteiger partial charge in [0.1, 0.15) is 17.4 Å². The Morgan fingerprint density at radius 2 is 1.91 bits per heavy atom. The molecule has 0 saturated heterocycles. The van der Waals surface area contributed by atoms with Gasteiger partial charge in [-0.2, -0.15) is 5.26 Å². The van der Waals surface area contributed by atoms with Gasteiger partial charge in [-0.25, -0.2) is 9.59 Å². The van der Waals surface area contributed by atoms with Gasteiger partial charge in [-0.15, -0.1) is 0 Å². The van der Waals surface area contributed by atoms with Gasteiger partial charge < -0.3 is 14.6 Å². The molecule has 0 aliphatic carbocycles. The van der Waals surface area contributed by atoms with Crippen LogP contribution in [0.15, 0.2) is 29.8 Å². The van der Waals surface area contributed by atoms with E-state index in [2.05, 4.69) is 0 Å². The predicted octanol–water partition coefficient (Wildman–Crippen LogP) is 2.43. The highest BCUT2D eigenvalue weighted by Crippen LogP contribution is 2.16. The highest BCUT2D eigenvalue weighted by molar-refractivity contribution is 5.99. The van der Waals surface area contributed by atoms with Gasteiger partial charge in [0.25, 0.3) is 0 Å². The molecule has 6 heteroatoms. The molecule has 0 saturated carbocycles. The van der Waals surface area contributed by atoms with E-state index in [0.29, 0.717) is 5.56 Å². The number of hydrogen-bond acceptors (Lipinski definition) is 6. The molecular weight excluding hydrogens is 298 g/mol. The maximum atomic E-state index is 12.1. The third-order valence-corrected chi connectivity index (χ3v) is 2.90. The number of rotatable bonds is 6. The summed E-state index contributed by atoms with van der Waals surface area (Å²) < 4.78 is 9.99. The van der Waals surface area contributed by atoms with Gasteiger partial charge in [0, 0.05) is 5.92 Å². The van der Waals surface area contributed by atoms with E-state index in [1.54, 1.807) is 39.0 Å². The fourth-order valence-corrected chi connectivity index (χ4v) is 1.73. The fourth-order valence-electron chi connectivity index (χ4n) is 1.73. The van der Waals surface area contributed by atoms with Gasteiger partial charge in [-0.05, 0) is 30.7 Å². The van der Waals surface area contributed by atoms with Crippen molar-refractivity contribution in [2.24, 2.45) is 5.92 Å². The first-order chi connectivity index (χ1) is 10.9. The molecule has 0 unspecified atom stereocenters. The highest BCUT2D eigenvalue weighted by atomic mass is 16.6. The molecule has 0 radical (unpaired) electrons. The van der Waals surface area contributed by atoms with Crippen molar-refractivity contribution < 1.29 is 24.2 Å². The molecule has 6 nitrogen and oxygen atoms in total. The molecule has 23 heavy (non-hydrogen) atoms. The Morgan fingerprint density at radius 1 is 1.30 bits per heavy atom. The van der Waals surface area contributed by atoms with Crippen LogP contribution in [-0.4, -0.2) is 29.8 Å². The van der Waals surface area contributed by atoms with E-state index in [4.69, 9.17) is 14.7 Å². The van der Waals surface area contributed by atoms with Crippen molar-refractivity contribution in [1.82, 2.24) is 0 Å². The quantitative estimate of drug-likeness (QED) is 0.492. The lowest BCUT2D eigenvalue weighted by Crippen LogP contribution is -2.34. The van der Waals surface area contributed by atoms with Crippen LogP contribution in [0.1, 0.15) is 26.3 Å². The zero-order valence-corrected chi connectivity index (χ0v) is 13.3. The summed E-state index contributed by atoms with van der Waals surface area (Å²) in [6.45, 7) is 5.26. The van der Waals surface area contributed by atoms with Crippen molar-refractivity contribution >= 4 is 18.0 Å². The van der Waals surface area contributed by atoms with Crippen LogP contribution < -0.4 is 0 Å². The van der Waals surface area contributed by atoms with Crippen molar-refractivity contribution in [2.75, 3.05) is 6.61 Å². The van der Waals surface area contributed by atoms with Crippen LogP contribution in [0.5, 0.6) is 5.75 Å². The fraction of sp³-hybridized carbons (Fsp3) is 0.353. The number of nitrogens with zero attached hydrogens (tertiary/aromatic N) is 1. The van der Waals surface area contributed by atoms with Gasteiger partial charge in [-0.1, -0.05) is 26.0 Å². The smallest absolute Gasteiger partial charge is 0.349 e. The van der Waals surface area contributed by atoms with Crippen molar-refractivity contribution in [3.63, 3.8) is 0 Å². The standard InChI is InChI=1S/C17H19NO5/c1-4-22-17(21)15(11(2)3)23-16(20)13(10-18)9-12-5-7-14(19)8-6-12/h5-9,11,15,19H,4H2,1-3H3/t15-/m0/s1. The van der Waals surface area contributed by atoms with Gasteiger partial charge in [0.2, 0.25) is 6.10 Å². The molecule has 0 amide bonds. The number of esters is 2. The van der Waals surface area contributed by atoms with E-state index in [9.17, 15) is 14.7 Å². The number of carbonyl (C=O) groups excluding carboxylic acids is 2. The van der Waals surface area contributed by atoms with Gasteiger partial charge in [-0.3, -0.25) is 0 Å². The van der Waals surface area contributed by atoms with E-state index in [1.807, 2.05) is 0 Å². The lowest BCUT2D eigenvalue weighted by atomic mass is 10.1. The molecule has 1 rings (SSSR count). The summed E-state index contributed by atoms with van der Waals surface area (Å²) in [5.41, 5.74) is 0.305. The Morgan fingerprint density at radius 3 is 2.39 bits per heavy atom. The molecule has 1 atom stereocenters. The molecule has 0 spiro atoms. The minimum absolute atomic E-state index is 0.0745. The average Bonchev–Trinajstić information content (AvgIpc) is 2.51. The number of ether oxygens (including phenoxy) is 2. The summed E-state index contributed by atoms with van der Waals surface area (Å²) in [4.78, 5) is 23.9. The summed E-state index contributed by atoms with van der Waals surface area (Å²) in [5.74, 6) is -1.75. The van der Waals surface area contributed by atoms with Crippen molar-refractivity contribution in [2.45, 2.75) is 26.9 Å². The zero-order valence-electron chi connectivity index (χ0n) is 13.3. The number of carbonyl (C=O) groups is 2. The van der Waals surface area contributed by atoms with Gasteiger partial charge in [0.05, 0.1) is 6.61 Å². The number of hydrogen-bond donors (Lipinski definition) is 1. The lowest BCUT2D eigenvalue weighted by Gasteiger charge is -2.19. The first-order valence-electron chi connectivity index (χ1n) is 7.17. The summed E-state index contributed by atoms with van der Waals surface area (Å²) in [7, 11) is 0. The Kier molecular flexibility index (Phi) is 6.81.